The maximum atomic E-state index is 13.0. The number of aromatic nitrogens is 2. The zero-order valence-corrected chi connectivity index (χ0v) is 11.0. The smallest absolute Gasteiger partial charge is 0.266 e. The summed E-state index contributed by atoms with van der Waals surface area (Å²) in [6.07, 6.45) is -1.27. The van der Waals surface area contributed by atoms with Crippen molar-refractivity contribution in [3.05, 3.63) is 17.0 Å². The molecule has 0 amide bonds. The highest BCUT2D eigenvalue weighted by Crippen LogP contribution is 2.40. The first-order valence-corrected chi connectivity index (χ1v) is 6.54. The molecule has 1 aliphatic rings. The second-order valence-electron chi connectivity index (χ2n) is 5.21. The quantitative estimate of drug-likeness (QED) is 0.774. The van der Waals surface area contributed by atoms with Crippen molar-refractivity contribution in [3.8, 4) is 0 Å². The molecule has 1 aliphatic carbocycles. The van der Waals surface area contributed by atoms with E-state index in [0.717, 1.165) is 25.0 Å². The molecule has 5 heteroatoms. The van der Waals surface area contributed by atoms with Gasteiger partial charge < -0.3 is 0 Å². The van der Waals surface area contributed by atoms with Crippen LogP contribution >= 0.6 is 0 Å². The van der Waals surface area contributed by atoms with Crippen molar-refractivity contribution in [3.63, 3.8) is 0 Å². The Bertz CT molecular complexity index is 434. The van der Waals surface area contributed by atoms with Crippen LogP contribution in [0.5, 0.6) is 0 Å². The lowest BCUT2D eigenvalue weighted by Gasteiger charge is -2.23. The van der Waals surface area contributed by atoms with Gasteiger partial charge in [-0.25, -0.2) is 0 Å². The third kappa shape index (κ3) is 2.15. The van der Waals surface area contributed by atoms with Crippen LogP contribution in [0.1, 0.15) is 68.9 Å². The van der Waals surface area contributed by atoms with Crippen molar-refractivity contribution < 1.29 is 13.2 Å². The van der Waals surface area contributed by atoms with Crippen molar-refractivity contribution >= 4 is 0 Å². The molecule has 0 saturated heterocycles. The second-order valence-corrected chi connectivity index (χ2v) is 5.21. The highest BCUT2D eigenvalue weighted by atomic mass is 19.4. The fraction of sp³-hybridized carbons (Fsp3) is 0.769. The molecular formula is C13H19F3N2. The minimum atomic E-state index is -4.33. The minimum Gasteiger partial charge on any atom is -0.266 e. The molecule has 0 bridgehead atoms. The van der Waals surface area contributed by atoms with Crippen LogP contribution in [0, 0.1) is 0 Å². The third-order valence-corrected chi connectivity index (χ3v) is 3.86. The highest BCUT2D eigenvalue weighted by molar-refractivity contribution is 5.33. The molecule has 0 N–H and O–H groups in total. The predicted octanol–water partition coefficient (Wildman–Crippen LogP) is 4.31. The Hall–Kier alpha value is -1.00. The largest absolute Gasteiger partial charge is 0.435 e. The van der Waals surface area contributed by atoms with E-state index in [1.165, 1.54) is 0 Å². The van der Waals surface area contributed by atoms with Crippen LogP contribution in [0.3, 0.4) is 0 Å². The maximum absolute atomic E-state index is 13.0. The number of hydrogen-bond donors (Lipinski definition) is 0. The van der Waals surface area contributed by atoms with Crippen molar-refractivity contribution in [1.82, 2.24) is 9.78 Å². The van der Waals surface area contributed by atoms with E-state index < -0.39 is 11.9 Å². The highest BCUT2D eigenvalue weighted by Gasteiger charge is 2.41. The number of fused-ring (bicyclic) bond motifs is 1. The van der Waals surface area contributed by atoms with E-state index in [1.54, 1.807) is 4.68 Å². The molecule has 2 unspecified atom stereocenters. The SMILES string of the molecule is CCC(C)n1nc(C(F)(F)F)c2c1C(C)CCC2. The van der Waals surface area contributed by atoms with Gasteiger partial charge in [-0.05, 0) is 38.5 Å². The lowest BCUT2D eigenvalue weighted by atomic mass is 9.87. The molecule has 0 radical (unpaired) electrons. The van der Waals surface area contributed by atoms with Gasteiger partial charge in [-0.15, -0.1) is 0 Å². The molecule has 0 saturated carbocycles. The first-order valence-electron chi connectivity index (χ1n) is 6.54. The van der Waals surface area contributed by atoms with Crippen molar-refractivity contribution in [2.45, 2.75) is 64.6 Å². The van der Waals surface area contributed by atoms with Gasteiger partial charge in [0.15, 0.2) is 5.69 Å². The van der Waals surface area contributed by atoms with Gasteiger partial charge in [-0.3, -0.25) is 4.68 Å². The summed E-state index contributed by atoms with van der Waals surface area (Å²) in [5, 5.41) is 3.88. The van der Waals surface area contributed by atoms with Gasteiger partial charge in [0.05, 0.1) is 0 Å². The molecule has 1 heterocycles. The Balaban J connectivity index is 2.58. The van der Waals surface area contributed by atoms with E-state index in [-0.39, 0.29) is 12.0 Å². The minimum absolute atomic E-state index is 0.0235. The molecule has 2 atom stereocenters. The molecule has 0 fully saturated rings. The third-order valence-electron chi connectivity index (χ3n) is 3.86. The van der Waals surface area contributed by atoms with Crippen LogP contribution in [0.4, 0.5) is 13.2 Å². The van der Waals surface area contributed by atoms with E-state index in [2.05, 4.69) is 5.10 Å². The molecule has 18 heavy (non-hydrogen) atoms. The summed E-state index contributed by atoms with van der Waals surface area (Å²) in [5.41, 5.74) is 0.578. The van der Waals surface area contributed by atoms with Crippen molar-refractivity contribution in [2.75, 3.05) is 0 Å². The Labute approximate surface area is 105 Å². The molecule has 0 aliphatic heterocycles. The summed E-state index contributed by atoms with van der Waals surface area (Å²) in [6, 6.07) is 0.0235. The number of hydrogen-bond acceptors (Lipinski definition) is 1. The van der Waals surface area contributed by atoms with Gasteiger partial charge in [-0.1, -0.05) is 13.8 Å². The fourth-order valence-corrected chi connectivity index (χ4v) is 2.71. The standard InChI is InChI=1S/C13H19F3N2/c1-4-9(3)18-11-8(2)6-5-7-10(11)12(17-18)13(14,15)16/h8-9H,4-7H2,1-3H3. The molecule has 0 aromatic carbocycles. The summed E-state index contributed by atoms with van der Waals surface area (Å²) >= 11 is 0. The van der Waals surface area contributed by atoms with Crippen LogP contribution in [-0.4, -0.2) is 9.78 Å². The maximum Gasteiger partial charge on any atom is 0.435 e. The molecule has 1 aromatic rings. The first-order chi connectivity index (χ1) is 8.36. The van der Waals surface area contributed by atoms with Crippen LogP contribution in [0.2, 0.25) is 0 Å². The van der Waals surface area contributed by atoms with Gasteiger partial charge in [0.1, 0.15) is 0 Å². The van der Waals surface area contributed by atoms with Gasteiger partial charge in [0.25, 0.3) is 0 Å². The number of rotatable bonds is 2. The van der Waals surface area contributed by atoms with E-state index in [4.69, 9.17) is 0 Å². The fourth-order valence-electron chi connectivity index (χ4n) is 2.71. The van der Waals surface area contributed by atoms with E-state index in [1.807, 2.05) is 20.8 Å². The topological polar surface area (TPSA) is 17.8 Å². The Morgan fingerprint density at radius 2 is 2.11 bits per heavy atom. The molecular weight excluding hydrogens is 241 g/mol. The summed E-state index contributed by atoms with van der Waals surface area (Å²) < 4.78 is 40.6. The molecule has 2 rings (SSSR count). The van der Waals surface area contributed by atoms with Crippen molar-refractivity contribution in [1.29, 1.82) is 0 Å². The lowest BCUT2D eigenvalue weighted by Crippen LogP contribution is -2.15. The summed E-state index contributed by atoms with van der Waals surface area (Å²) in [5.74, 6) is 0.173. The van der Waals surface area contributed by atoms with Gasteiger partial charge in [0, 0.05) is 17.3 Å². The zero-order valence-electron chi connectivity index (χ0n) is 11.0. The summed E-state index contributed by atoms with van der Waals surface area (Å²) in [7, 11) is 0. The molecule has 102 valence electrons. The van der Waals surface area contributed by atoms with Gasteiger partial charge in [-0.2, -0.15) is 18.3 Å². The van der Waals surface area contributed by atoms with E-state index in [0.29, 0.717) is 12.0 Å². The van der Waals surface area contributed by atoms with Crippen LogP contribution in [-0.2, 0) is 12.6 Å². The number of nitrogens with zero attached hydrogens (tertiary/aromatic N) is 2. The zero-order chi connectivity index (χ0) is 13.5. The normalized spacial score (nSPS) is 21.8. The van der Waals surface area contributed by atoms with Crippen LogP contribution in [0.25, 0.3) is 0 Å². The molecule has 0 spiro atoms. The van der Waals surface area contributed by atoms with E-state index >= 15 is 0 Å². The second kappa shape index (κ2) is 4.59. The van der Waals surface area contributed by atoms with Crippen LogP contribution in [0.15, 0.2) is 0 Å². The summed E-state index contributed by atoms with van der Waals surface area (Å²) in [4.78, 5) is 0. The monoisotopic (exact) mass is 260 g/mol. The average Bonchev–Trinajstić information content (AvgIpc) is 2.68. The lowest BCUT2D eigenvalue weighted by molar-refractivity contribution is -0.142. The molecule has 1 aromatic heterocycles. The Morgan fingerprint density at radius 1 is 1.44 bits per heavy atom. The average molecular weight is 260 g/mol. The van der Waals surface area contributed by atoms with Crippen LogP contribution < -0.4 is 0 Å². The Morgan fingerprint density at radius 3 is 2.67 bits per heavy atom. The van der Waals surface area contributed by atoms with Gasteiger partial charge in [0.2, 0.25) is 0 Å². The summed E-state index contributed by atoms with van der Waals surface area (Å²) in [6.45, 7) is 5.90. The molecule has 2 nitrogen and oxygen atoms in total. The van der Waals surface area contributed by atoms with Gasteiger partial charge >= 0.3 is 6.18 Å². The van der Waals surface area contributed by atoms with Crippen molar-refractivity contribution in [2.24, 2.45) is 0 Å². The number of alkyl halides is 3. The number of halogens is 3. The van der Waals surface area contributed by atoms with E-state index in [9.17, 15) is 13.2 Å². The predicted molar refractivity (Wildman–Crippen MR) is 63.6 cm³/mol. The first kappa shape index (κ1) is 13.4. The Kier molecular flexibility index (Phi) is 3.43.